The van der Waals surface area contributed by atoms with Gasteiger partial charge in [-0.25, -0.2) is 0 Å². The number of hydrogen-bond acceptors (Lipinski definition) is 5. The number of carboxylic acids is 1. The van der Waals surface area contributed by atoms with Crippen molar-refractivity contribution in [1.82, 2.24) is 10.3 Å². The standard InChI is InChI=1S/C11H14N2O4S/c1-18-5-3-8(11(16)17)13-10(15)7-2-4-12-9(14)6-7/h2,4,6,8H,3,5H2,1H3,(H,12,14)(H,13,15)(H,16,17)/p-1/t8-/m1/s1. The van der Waals surface area contributed by atoms with E-state index in [9.17, 15) is 19.5 Å². The van der Waals surface area contributed by atoms with Gasteiger partial charge in [-0.2, -0.15) is 11.8 Å². The van der Waals surface area contributed by atoms with Gasteiger partial charge in [0.2, 0.25) is 5.56 Å². The minimum Gasteiger partial charge on any atom is -0.548 e. The Bertz CT molecular complexity index is 486. The quantitative estimate of drug-likeness (QED) is 0.688. The molecular formula is C11H13N2O4S-. The van der Waals surface area contributed by atoms with Crippen LogP contribution in [0.25, 0.3) is 0 Å². The van der Waals surface area contributed by atoms with Gasteiger partial charge >= 0.3 is 0 Å². The number of carbonyl (C=O) groups excluding carboxylic acids is 2. The number of pyridine rings is 1. The Labute approximate surface area is 108 Å². The van der Waals surface area contributed by atoms with E-state index in [1.165, 1.54) is 24.0 Å². The van der Waals surface area contributed by atoms with Gasteiger partial charge in [-0.1, -0.05) is 0 Å². The van der Waals surface area contributed by atoms with E-state index in [-0.39, 0.29) is 12.0 Å². The van der Waals surface area contributed by atoms with Crippen LogP contribution in [-0.4, -0.2) is 34.9 Å². The Kier molecular flexibility index (Phi) is 5.44. The average molecular weight is 269 g/mol. The summed E-state index contributed by atoms with van der Waals surface area (Å²) >= 11 is 1.48. The SMILES string of the molecule is CSCC[C@@H](NC(=O)c1cc[nH]c(=O)c1)C(=O)[O-]. The lowest BCUT2D eigenvalue weighted by molar-refractivity contribution is -0.308. The Morgan fingerprint density at radius 1 is 1.56 bits per heavy atom. The monoisotopic (exact) mass is 269 g/mol. The molecule has 0 bridgehead atoms. The summed E-state index contributed by atoms with van der Waals surface area (Å²) in [6.45, 7) is 0. The van der Waals surface area contributed by atoms with Crippen molar-refractivity contribution in [2.45, 2.75) is 12.5 Å². The number of hydrogen-bond donors (Lipinski definition) is 2. The number of H-pyrrole nitrogens is 1. The molecule has 2 N–H and O–H groups in total. The zero-order chi connectivity index (χ0) is 13.5. The first kappa shape index (κ1) is 14.3. The van der Waals surface area contributed by atoms with Crippen LogP contribution >= 0.6 is 11.8 Å². The molecule has 7 heteroatoms. The fraction of sp³-hybridized carbons (Fsp3) is 0.364. The van der Waals surface area contributed by atoms with Gasteiger partial charge in [0.05, 0.1) is 12.0 Å². The molecule has 0 radical (unpaired) electrons. The predicted molar refractivity (Wildman–Crippen MR) is 66.3 cm³/mol. The van der Waals surface area contributed by atoms with Crippen LogP contribution in [0.2, 0.25) is 0 Å². The van der Waals surface area contributed by atoms with Gasteiger partial charge < -0.3 is 20.2 Å². The summed E-state index contributed by atoms with van der Waals surface area (Å²) in [5.41, 5.74) is -0.300. The van der Waals surface area contributed by atoms with Crippen LogP contribution in [0.3, 0.4) is 0 Å². The molecule has 1 amide bonds. The van der Waals surface area contributed by atoms with Gasteiger partial charge in [0.1, 0.15) is 0 Å². The van der Waals surface area contributed by atoms with Crippen molar-refractivity contribution in [2.24, 2.45) is 0 Å². The number of rotatable bonds is 6. The van der Waals surface area contributed by atoms with Crippen LogP contribution in [0, 0.1) is 0 Å². The van der Waals surface area contributed by atoms with Gasteiger partial charge in [0.15, 0.2) is 0 Å². The molecule has 1 heterocycles. The number of aliphatic carboxylic acids is 1. The number of carbonyl (C=O) groups is 2. The number of nitrogens with one attached hydrogen (secondary N) is 2. The second kappa shape index (κ2) is 6.85. The molecule has 1 aromatic heterocycles. The molecule has 1 rings (SSSR count). The molecule has 0 aromatic carbocycles. The summed E-state index contributed by atoms with van der Waals surface area (Å²) in [7, 11) is 0. The summed E-state index contributed by atoms with van der Waals surface area (Å²) in [6.07, 6.45) is 3.44. The first-order chi connectivity index (χ1) is 8.54. The number of thioether (sulfide) groups is 1. The Morgan fingerprint density at radius 3 is 2.83 bits per heavy atom. The Balaban J connectivity index is 2.72. The summed E-state index contributed by atoms with van der Waals surface area (Å²) < 4.78 is 0. The largest absolute Gasteiger partial charge is 0.548 e. The number of aromatic nitrogens is 1. The smallest absolute Gasteiger partial charge is 0.252 e. The van der Waals surface area contributed by atoms with Crippen molar-refractivity contribution in [3.05, 3.63) is 34.2 Å². The maximum atomic E-state index is 11.7. The molecule has 0 saturated heterocycles. The molecule has 0 aliphatic carbocycles. The van der Waals surface area contributed by atoms with Crippen LogP contribution in [-0.2, 0) is 4.79 Å². The highest BCUT2D eigenvalue weighted by atomic mass is 32.2. The predicted octanol–water partition coefficient (Wildman–Crippen LogP) is -1.02. The molecule has 0 fully saturated rings. The summed E-state index contributed by atoms with van der Waals surface area (Å²) in [6, 6.07) is 1.46. The zero-order valence-electron chi connectivity index (χ0n) is 9.76. The second-order valence-electron chi connectivity index (χ2n) is 3.57. The van der Waals surface area contributed by atoms with Gasteiger partial charge in [-0.15, -0.1) is 0 Å². The number of amides is 1. The zero-order valence-corrected chi connectivity index (χ0v) is 10.6. The van der Waals surface area contributed by atoms with E-state index >= 15 is 0 Å². The molecular weight excluding hydrogens is 256 g/mol. The minimum atomic E-state index is -1.33. The van der Waals surface area contributed by atoms with E-state index < -0.39 is 23.5 Å². The topological polar surface area (TPSA) is 102 Å². The normalized spacial score (nSPS) is 11.8. The number of carboxylic acid groups (broad SMARTS) is 1. The molecule has 18 heavy (non-hydrogen) atoms. The molecule has 0 spiro atoms. The third-order valence-corrected chi connectivity index (χ3v) is 2.88. The molecule has 1 atom stereocenters. The third-order valence-electron chi connectivity index (χ3n) is 2.24. The van der Waals surface area contributed by atoms with Crippen molar-refractivity contribution < 1.29 is 14.7 Å². The van der Waals surface area contributed by atoms with Crippen molar-refractivity contribution in [3.8, 4) is 0 Å². The second-order valence-corrected chi connectivity index (χ2v) is 4.55. The van der Waals surface area contributed by atoms with E-state index in [0.29, 0.717) is 5.75 Å². The molecule has 0 aliphatic rings. The molecule has 0 unspecified atom stereocenters. The van der Waals surface area contributed by atoms with E-state index in [4.69, 9.17) is 0 Å². The maximum absolute atomic E-state index is 11.7. The summed E-state index contributed by atoms with van der Waals surface area (Å²) in [5.74, 6) is -1.34. The molecule has 0 aliphatic heterocycles. The summed E-state index contributed by atoms with van der Waals surface area (Å²) in [5, 5.41) is 13.2. The lowest BCUT2D eigenvalue weighted by atomic mass is 10.2. The fourth-order valence-electron chi connectivity index (χ4n) is 1.31. The van der Waals surface area contributed by atoms with Crippen LogP contribution in [0.1, 0.15) is 16.8 Å². The van der Waals surface area contributed by atoms with Crippen LogP contribution in [0.5, 0.6) is 0 Å². The lowest BCUT2D eigenvalue weighted by Gasteiger charge is -2.19. The fourth-order valence-corrected chi connectivity index (χ4v) is 1.78. The first-order valence-corrected chi connectivity index (χ1v) is 6.63. The maximum Gasteiger partial charge on any atom is 0.252 e. The highest BCUT2D eigenvalue weighted by Crippen LogP contribution is 2.02. The van der Waals surface area contributed by atoms with E-state index in [2.05, 4.69) is 10.3 Å². The van der Waals surface area contributed by atoms with Crippen molar-refractivity contribution in [2.75, 3.05) is 12.0 Å². The number of aromatic amines is 1. The van der Waals surface area contributed by atoms with Gasteiger partial charge in [-0.05, 0) is 24.5 Å². The highest BCUT2D eigenvalue weighted by Gasteiger charge is 2.14. The van der Waals surface area contributed by atoms with Crippen molar-refractivity contribution in [3.63, 3.8) is 0 Å². The van der Waals surface area contributed by atoms with Crippen molar-refractivity contribution in [1.29, 1.82) is 0 Å². The van der Waals surface area contributed by atoms with Crippen molar-refractivity contribution >= 4 is 23.6 Å². The molecule has 6 nitrogen and oxygen atoms in total. The third kappa shape index (κ3) is 4.25. The van der Waals surface area contributed by atoms with E-state index in [0.717, 1.165) is 6.07 Å². The van der Waals surface area contributed by atoms with Crippen LogP contribution < -0.4 is 16.0 Å². The van der Waals surface area contributed by atoms with E-state index in [1.807, 2.05) is 6.26 Å². The molecule has 0 saturated carbocycles. The summed E-state index contributed by atoms with van der Waals surface area (Å²) in [4.78, 5) is 35.9. The highest BCUT2D eigenvalue weighted by molar-refractivity contribution is 7.98. The van der Waals surface area contributed by atoms with Gasteiger partial charge in [-0.3, -0.25) is 9.59 Å². The van der Waals surface area contributed by atoms with Gasteiger partial charge in [0.25, 0.3) is 5.91 Å². The van der Waals surface area contributed by atoms with Crippen LogP contribution in [0.4, 0.5) is 0 Å². The molecule has 98 valence electrons. The first-order valence-electron chi connectivity index (χ1n) is 5.24. The molecule has 1 aromatic rings. The van der Waals surface area contributed by atoms with Gasteiger partial charge in [0, 0.05) is 17.8 Å². The average Bonchev–Trinajstić information content (AvgIpc) is 2.33. The van der Waals surface area contributed by atoms with E-state index in [1.54, 1.807) is 0 Å². The Hall–Kier alpha value is -1.76. The lowest BCUT2D eigenvalue weighted by Crippen LogP contribution is -2.48. The van der Waals surface area contributed by atoms with Crippen LogP contribution in [0.15, 0.2) is 23.1 Å². The minimum absolute atomic E-state index is 0.120. The Morgan fingerprint density at radius 2 is 2.28 bits per heavy atom.